The van der Waals surface area contributed by atoms with Crippen molar-refractivity contribution in [3.8, 4) is 0 Å². The molecule has 5 heteroatoms. The molecule has 0 saturated heterocycles. The summed E-state index contributed by atoms with van der Waals surface area (Å²) >= 11 is 0. The fourth-order valence-electron chi connectivity index (χ4n) is 1.21. The van der Waals surface area contributed by atoms with Crippen LogP contribution in [0.25, 0.3) is 0 Å². The van der Waals surface area contributed by atoms with E-state index in [0.717, 1.165) is 0 Å². The Labute approximate surface area is 92.1 Å². The SMILES string of the molecule is COC(=O)C(=O)CCC(C)O[Si](C)(C)C. The van der Waals surface area contributed by atoms with Crippen LogP contribution in [0.2, 0.25) is 19.6 Å². The van der Waals surface area contributed by atoms with E-state index in [1.165, 1.54) is 7.11 Å². The maximum Gasteiger partial charge on any atom is 0.374 e. The van der Waals surface area contributed by atoms with Gasteiger partial charge in [-0.1, -0.05) is 0 Å². The van der Waals surface area contributed by atoms with Gasteiger partial charge < -0.3 is 9.16 Å². The van der Waals surface area contributed by atoms with Gasteiger partial charge in [-0.15, -0.1) is 0 Å². The zero-order valence-corrected chi connectivity index (χ0v) is 11.1. The van der Waals surface area contributed by atoms with Crippen molar-refractivity contribution in [2.24, 2.45) is 0 Å². The second-order valence-electron chi connectivity index (χ2n) is 4.49. The number of carbonyl (C=O) groups is 2. The fourth-order valence-corrected chi connectivity index (χ4v) is 2.54. The number of ketones is 1. The van der Waals surface area contributed by atoms with Crippen LogP contribution in [0.4, 0.5) is 0 Å². The lowest BCUT2D eigenvalue weighted by molar-refractivity contribution is -0.151. The van der Waals surface area contributed by atoms with Crippen LogP contribution in [-0.2, 0) is 18.8 Å². The Kier molecular flexibility index (Phi) is 5.75. The van der Waals surface area contributed by atoms with Crippen LogP contribution in [0.3, 0.4) is 0 Å². The Morgan fingerprint density at radius 2 is 1.80 bits per heavy atom. The van der Waals surface area contributed by atoms with Crippen molar-refractivity contribution in [1.82, 2.24) is 0 Å². The molecule has 0 N–H and O–H groups in total. The quantitative estimate of drug-likeness (QED) is 0.398. The summed E-state index contributed by atoms with van der Waals surface area (Å²) < 4.78 is 10.1. The van der Waals surface area contributed by atoms with Crippen molar-refractivity contribution in [2.45, 2.75) is 45.5 Å². The molecule has 0 aliphatic carbocycles. The molecule has 0 aromatic heterocycles. The van der Waals surface area contributed by atoms with E-state index in [1.54, 1.807) is 0 Å². The molecule has 0 saturated carbocycles. The molecule has 15 heavy (non-hydrogen) atoms. The van der Waals surface area contributed by atoms with Crippen LogP contribution in [0.1, 0.15) is 19.8 Å². The molecule has 88 valence electrons. The Bertz CT molecular complexity index is 232. The minimum absolute atomic E-state index is 0.0188. The summed E-state index contributed by atoms with van der Waals surface area (Å²) in [7, 11) is -0.345. The molecule has 1 atom stereocenters. The average Bonchev–Trinajstić information content (AvgIpc) is 2.10. The van der Waals surface area contributed by atoms with Crippen molar-refractivity contribution in [1.29, 1.82) is 0 Å². The van der Waals surface area contributed by atoms with Crippen molar-refractivity contribution in [3.63, 3.8) is 0 Å². The number of esters is 1. The largest absolute Gasteiger partial charge is 0.463 e. The zero-order chi connectivity index (χ0) is 12.1. The lowest BCUT2D eigenvalue weighted by Crippen LogP contribution is -2.31. The number of ether oxygens (including phenoxy) is 1. The highest BCUT2D eigenvalue weighted by Crippen LogP contribution is 2.11. The molecule has 0 radical (unpaired) electrons. The van der Waals surface area contributed by atoms with Gasteiger partial charge in [0.05, 0.1) is 7.11 Å². The third-order valence-electron chi connectivity index (χ3n) is 1.75. The summed E-state index contributed by atoms with van der Waals surface area (Å²) in [6.45, 7) is 8.19. The molecule has 0 spiro atoms. The third-order valence-corrected chi connectivity index (χ3v) is 2.86. The molecular formula is C10H20O4Si. The number of Topliss-reactive ketones (excluding diaryl/α,β-unsaturated/α-hetero) is 1. The van der Waals surface area contributed by atoms with Gasteiger partial charge in [-0.3, -0.25) is 4.79 Å². The lowest BCUT2D eigenvalue weighted by Gasteiger charge is -2.23. The lowest BCUT2D eigenvalue weighted by atomic mass is 10.1. The van der Waals surface area contributed by atoms with E-state index in [0.29, 0.717) is 6.42 Å². The van der Waals surface area contributed by atoms with Gasteiger partial charge in [0.2, 0.25) is 5.78 Å². The topological polar surface area (TPSA) is 52.6 Å². The molecule has 4 nitrogen and oxygen atoms in total. The van der Waals surface area contributed by atoms with Crippen molar-refractivity contribution in [3.05, 3.63) is 0 Å². The van der Waals surface area contributed by atoms with Gasteiger partial charge in [0.15, 0.2) is 8.32 Å². The van der Waals surface area contributed by atoms with E-state index in [1.807, 2.05) is 6.92 Å². The first-order valence-electron chi connectivity index (χ1n) is 5.05. The van der Waals surface area contributed by atoms with Gasteiger partial charge in [0.25, 0.3) is 0 Å². The Hall–Kier alpha value is -0.683. The van der Waals surface area contributed by atoms with E-state index in [4.69, 9.17) is 4.43 Å². The van der Waals surface area contributed by atoms with E-state index in [-0.39, 0.29) is 12.5 Å². The molecule has 0 heterocycles. The highest BCUT2D eigenvalue weighted by Gasteiger charge is 2.20. The van der Waals surface area contributed by atoms with Gasteiger partial charge in [-0.05, 0) is 33.0 Å². The molecule has 0 bridgehead atoms. The second kappa shape index (κ2) is 6.02. The van der Waals surface area contributed by atoms with E-state index < -0.39 is 20.1 Å². The molecular weight excluding hydrogens is 212 g/mol. The van der Waals surface area contributed by atoms with Crippen LogP contribution < -0.4 is 0 Å². The van der Waals surface area contributed by atoms with Crippen molar-refractivity contribution < 1.29 is 18.8 Å². The molecule has 0 aliphatic rings. The molecule has 0 amide bonds. The maximum atomic E-state index is 11.1. The first kappa shape index (κ1) is 14.3. The molecule has 1 unspecified atom stereocenters. The van der Waals surface area contributed by atoms with Crippen LogP contribution in [0.5, 0.6) is 0 Å². The minimum Gasteiger partial charge on any atom is -0.463 e. The summed E-state index contributed by atoms with van der Waals surface area (Å²) in [5.41, 5.74) is 0. The summed E-state index contributed by atoms with van der Waals surface area (Å²) in [4.78, 5) is 21.9. The number of hydrogen-bond acceptors (Lipinski definition) is 4. The van der Waals surface area contributed by atoms with E-state index in [9.17, 15) is 9.59 Å². The Morgan fingerprint density at radius 3 is 2.20 bits per heavy atom. The predicted octanol–water partition coefficient (Wildman–Crippen LogP) is 1.75. The first-order chi connectivity index (χ1) is 6.76. The van der Waals surface area contributed by atoms with Crippen LogP contribution in [-0.4, -0.2) is 33.3 Å². The molecule has 0 aromatic rings. The van der Waals surface area contributed by atoms with Crippen molar-refractivity contribution in [2.75, 3.05) is 7.11 Å². The van der Waals surface area contributed by atoms with Crippen LogP contribution in [0.15, 0.2) is 0 Å². The predicted molar refractivity (Wildman–Crippen MR) is 60.2 cm³/mol. The normalized spacial score (nSPS) is 13.4. The van der Waals surface area contributed by atoms with E-state index >= 15 is 0 Å². The second-order valence-corrected chi connectivity index (χ2v) is 8.95. The first-order valence-corrected chi connectivity index (χ1v) is 8.46. The van der Waals surface area contributed by atoms with Gasteiger partial charge in [-0.25, -0.2) is 4.79 Å². The Morgan fingerprint density at radius 1 is 1.27 bits per heavy atom. The summed E-state index contributed by atoms with van der Waals surface area (Å²) in [6, 6.07) is 0. The van der Waals surface area contributed by atoms with Gasteiger partial charge in [-0.2, -0.15) is 0 Å². The fraction of sp³-hybridized carbons (Fsp3) is 0.800. The van der Waals surface area contributed by atoms with Crippen LogP contribution >= 0.6 is 0 Å². The maximum absolute atomic E-state index is 11.1. The molecule has 0 fully saturated rings. The van der Waals surface area contributed by atoms with Gasteiger partial charge in [0.1, 0.15) is 0 Å². The minimum atomic E-state index is -1.56. The van der Waals surface area contributed by atoms with Crippen molar-refractivity contribution >= 4 is 20.1 Å². The van der Waals surface area contributed by atoms with Crippen LogP contribution in [0, 0.1) is 0 Å². The highest BCUT2D eigenvalue weighted by atomic mass is 28.4. The number of rotatable bonds is 6. The number of hydrogen-bond donors (Lipinski definition) is 0. The number of methoxy groups -OCH3 is 1. The monoisotopic (exact) mass is 232 g/mol. The summed E-state index contributed by atoms with van der Waals surface area (Å²) in [6.07, 6.45) is 0.779. The smallest absolute Gasteiger partial charge is 0.374 e. The summed E-state index contributed by atoms with van der Waals surface area (Å²) in [5.74, 6) is -1.25. The standard InChI is InChI=1S/C10H20O4Si/c1-8(14-15(3,4)5)6-7-9(11)10(12)13-2/h8H,6-7H2,1-5H3. The average molecular weight is 232 g/mol. The number of carbonyl (C=O) groups excluding carboxylic acids is 2. The molecule has 0 aromatic carbocycles. The van der Waals surface area contributed by atoms with Gasteiger partial charge in [0, 0.05) is 12.5 Å². The molecule has 0 aliphatic heterocycles. The highest BCUT2D eigenvalue weighted by molar-refractivity contribution is 6.69. The zero-order valence-electron chi connectivity index (χ0n) is 10.1. The van der Waals surface area contributed by atoms with Gasteiger partial charge >= 0.3 is 5.97 Å². The van der Waals surface area contributed by atoms with E-state index in [2.05, 4.69) is 24.4 Å². The third kappa shape index (κ3) is 7.27. The molecule has 0 rings (SSSR count). The Balaban J connectivity index is 3.86. The summed E-state index contributed by atoms with van der Waals surface area (Å²) in [5, 5.41) is 0.